The van der Waals surface area contributed by atoms with Gasteiger partial charge in [-0.1, -0.05) is 23.2 Å². The van der Waals surface area contributed by atoms with Gasteiger partial charge in [0.1, 0.15) is 10.3 Å². The van der Waals surface area contributed by atoms with Crippen LogP contribution >= 0.6 is 23.2 Å². The summed E-state index contributed by atoms with van der Waals surface area (Å²) < 4.78 is 4.49. The number of methoxy groups -OCH3 is 1. The predicted octanol–water partition coefficient (Wildman–Crippen LogP) is 2.10. The summed E-state index contributed by atoms with van der Waals surface area (Å²) in [7, 11) is 1.33. The molecular weight excluding hydrogens is 213 g/mol. The Hall–Kier alpha value is -0.800. The van der Waals surface area contributed by atoms with E-state index in [1.165, 1.54) is 7.11 Å². The lowest BCUT2D eigenvalue weighted by Gasteiger charge is -2.00. The summed E-state index contributed by atoms with van der Waals surface area (Å²) in [5.41, 5.74) is 0.692. The SMILES string of the molecule is COC(=O)Cc1cc(Cl)nc(Cl)c1. The van der Waals surface area contributed by atoms with Crippen molar-refractivity contribution >= 4 is 29.2 Å². The quantitative estimate of drug-likeness (QED) is 0.565. The van der Waals surface area contributed by atoms with E-state index in [0.717, 1.165) is 0 Å². The van der Waals surface area contributed by atoms with Crippen molar-refractivity contribution in [2.24, 2.45) is 0 Å². The average Bonchev–Trinajstić information content (AvgIpc) is 2.02. The van der Waals surface area contributed by atoms with Crippen molar-refractivity contribution in [2.75, 3.05) is 7.11 Å². The normalized spacial score (nSPS) is 9.77. The summed E-state index contributed by atoms with van der Waals surface area (Å²) in [5, 5.41) is 0.540. The monoisotopic (exact) mass is 219 g/mol. The fourth-order valence-electron chi connectivity index (χ4n) is 0.855. The lowest BCUT2D eigenvalue weighted by Crippen LogP contribution is -2.04. The summed E-state index contributed by atoms with van der Waals surface area (Å²) in [5.74, 6) is -0.335. The maximum atomic E-state index is 10.9. The van der Waals surface area contributed by atoms with E-state index in [9.17, 15) is 4.79 Å². The first-order valence-corrected chi connectivity index (χ1v) is 4.26. The van der Waals surface area contributed by atoms with Gasteiger partial charge in [0.15, 0.2) is 0 Å². The molecule has 1 aromatic rings. The van der Waals surface area contributed by atoms with Crippen molar-refractivity contribution in [1.82, 2.24) is 4.98 Å². The van der Waals surface area contributed by atoms with Crippen LogP contribution in [0.5, 0.6) is 0 Å². The summed E-state index contributed by atoms with van der Waals surface area (Å²) in [6, 6.07) is 3.15. The fraction of sp³-hybridized carbons (Fsp3) is 0.250. The van der Waals surface area contributed by atoms with Gasteiger partial charge in [-0.2, -0.15) is 0 Å². The van der Waals surface area contributed by atoms with Gasteiger partial charge in [-0.25, -0.2) is 4.98 Å². The Balaban J connectivity index is 2.83. The smallest absolute Gasteiger partial charge is 0.309 e. The van der Waals surface area contributed by atoms with E-state index < -0.39 is 0 Å². The molecule has 0 radical (unpaired) electrons. The molecule has 0 unspecified atom stereocenters. The van der Waals surface area contributed by atoms with E-state index in [-0.39, 0.29) is 22.7 Å². The van der Waals surface area contributed by atoms with Crippen LogP contribution in [0.15, 0.2) is 12.1 Å². The highest BCUT2D eigenvalue weighted by atomic mass is 35.5. The second-order valence-electron chi connectivity index (χ2n) is 2.37. The largest absolute Gasteiger partial charge is 0.469 e. The Kier molecular flexibility index (Phi) is 3.51. The highest BCUT2D eigenvalue weighted by Gasteiger charge is 2.05. The van der Waals surface area contributed by atoms with Crippen molar-refractivity contribution in [3.63, 3.8) is 0 Å². The Morgan fingerprint density at radius 2 is 2.00 bits per heavy atom. The Morgan fingerprint density at radius 3 is 2.46 bits per heavy atom. The summed E-state index contributed by atoms with van der Waals surface area (Å²) in [6.45, 7) is 0. The molecular formula is C8H7Cl2NO2. The molecule has 0 atom stereocenters. The lowest BCUT2D eigenvalue weighted by atomic mass is 10.2. The first-order chi connectivity index (χ1) is 6.11. The molecule has 1 rings (SSSR count). The molecule has 1 aromatic heterocycles. The number of ether oxygens (including phenoxy) is 1. The van der Waals surface area contributed by atoms with Gasteiger partial charge in [0.2, 0.25) is 0 Å². The van der Waals surface area contributed by atoms with Crippen LogP contribution in [0.25, 0.3) is 0 Å². The van der Waals surface area contributed by atoms with Gasteiger partial charge in [0.05, 0.1) is 13.5 Å². The van der Waals surface area contributed by atoms with Gasteiger partial charge in [-0.05, 0) is 17.7 Å². The van der Waals surface area contributed by atoms with E-state index in [1.54, 1.807) is 12.1 Å². The second kappa shape index (κ2) is 4.44. The molecule has 3 nitrogen and oxygen atoms in total. The average molecular weight is 220 g/mol. The molecule has 13 heavy (non-hydrogen) atoms. The van der Waals surface area contributed by atoms with Crippen LogP contribution in [0.3, 0.4) is 0 Å². The van der Waals surface area contributed by atoms with Gasteiger partial charge in [-0.3, -0.25) is 4.79 Å². The molecule has 0 aliphatic carbocycles. The van der Waals surface area contributed by atoms with E-state index in [1.807, 2.05) is 0 Å². The summed E-state index contributed by atoms with van der Waals surface area (Å²) in [6.07, 6.45) is 0.151. The summed E-state index contributed by atoms with van der Waals surface area (Å²) >= 11 is 11.3. The number of carbonyl (C=O) groups is 1. The second-order valence-corrected chi connectivity index (χ2v) is 3.15. The Morgan fingerprint density at radius 1 is 1.46 bits per heavy atom. The van der Waals surface area contributed by atoms with Gasteiger partial charge < -0.3 is 4.74 Å². The molecule has 0 N–H and O–H groups in total. The number of aromatic nitrogens is 1. The van der Waals surface area contributed by atoms with E-state index >= 15 is 0 Å². The van der Waals surface area contributed by atoms with Crippen LogP contribution < -0.4 is 0 Å². The van der Waals surface area contributed by atoms with Crippen LogP contribution in [0.4, 0.5) is 0 Å². The zero-order valence-electron chi connectivity index (χ0n) is 6.88. The third kappa shape index (κ3) is 3.20. The first kappa shape index (κ1) is 10.3. The third-order valence-corrected chi connectivity index (χ3v) is 1.79. The molecule has 0 saturated heterocycles. The molecule has 70 valence electrons. The maximum Gasteiger partial charge on any atom is 0.309 e. The molecule has 0 aliphatic heterocycles. The highest BCUT2D eigenvalue weighted by molar-refractivity contribution is 6.32. The van der Waals surface area contributed by atoms with E-state index in [0.29, 0.717) is 5.56 Å². The maximum absolute atomic E-state index is 10.9. The number of nitrogens with zero attached hydrogens (tertiary/aromatic N) is 1. The zero-order valence-corrected chi connectivity index (χ0v) is 8.39. The third-order valence-electron chi connectivity index (χ3n) is 1.40. The molecule has 0 fully saturated rings. The fourth-order valence-corrected chi connectivity index (χ4v) is 1.36. The molecule has 0 amide bonds. The minimum absolute atomic E-state index is 0.151. The Labute approximate surface area is 85.6 Å². The van der Waals surface area contributed by atoms with E-state index in [4.69, 9.17) is 23.2 Å². The van der Waals surface area contributed by atoms with Crippen LogP contribution in [-0.2, 0) is 16.0 Å². The highest BCUT2D eigenvalue weighted by Crippen LogP contribution is 2.15. The van der Waals surface area contributed by atoms with Crippen molar-refractivity contribution in [1.29, 1.82) is 0 Å². The molecule has 0 bridgehead atoms. The number of carbonyl (C=O) groups excluding carboxylic acids is 1. The number of hydrogen-bond donors (Lipinski definition) is 0. The number of rotatable bonds is 2. The lowest BCUT2D eigenvalue weighted by molar-refractivity contribution is -0.139. The number of esters is 1. The minimum atomic E-state index is -0.335. The standard InChI is InChI=1S/C8H7Cl2NO2/c1-13-8(12)4-5-2-6(9)11-7(10)3-5/h2-3H,4H2,1H3. The zero-order chi connectivity index (χ0) is 9.84. The predicted molar refractivity (Wildman–Crippen MR) is 50.0 cm³/mol. The van der Waals surface area contributed by atoms with Gasteiger partial charge >= 0.3 is 5.97 Å². The van der Waals surface area contributed by atoms with Crippen molar-refractivity contribution in [2.45, 2.75) is 6.42 Å². The van der Waals surface area contributed by atoms with Gasteiger partial charge in [0.25, 0.3) is 0 Å². The number of pyridine rings is 1. The van der Waals surface area contributed by atoms with Crippen molar-refractivity contribution in [3.05, 3.63) is 28.0 Å². The molecule has 1 heterocycles. The topological polar surface area (TPSA) is 39.2 Å². The van der Waals surface area contributed by atoms with Gasteiger partial charge in [-0.15, -0.1) is 0 Å². The Bertz CT molecular complexity index is 308. The molecule has 5 heteroatoms. The van der Waals surface area contributed by atoms with Crippen molar-refractivity contribution in [3.8, 4) is 0 Å². The van der Waals surface area contributed by atoms with E-state index in [2.05, 4.69) is 9.72 Å². The van der Waals surface area contributed by atoms with Crippen LogP contribution in [0, 0.1) is 0 Å². The minimum Gasteiger partial charge on any atom is -0.469 e. The first-order valence-electron chi connectivity index (χ1n) is 3.50. The van der Waals surface area contributed by atoms with Crippen LogP contribution in [0.2, 0.25) is 10.3 Å². The van der Waals surface area contributed by atoms with Crippen molar-refractivity contribution < 1.29 is 9.53 Å². The van der Waals surface area contributed by atoms with Crippen LogP contribution in [0.1, 0.15) is 5.56 Å². The van der Waals surface area contributed by atoms with Gasteiger partial charge in [0, 0.05) is 0 Å². The molecule has 0 spiro atoms. The number of halogens is 2. The molecule has 0 saturated carbocycles. The number of hydrogen-bond acceptors (Lipinski definition) is 3. The molecule has 0 aromatic carbocycles. The molecule has 0 aliphatic rings. The van der Waals surface area contributed by atoms with Crippen LogP contribution in [-0.4, -0.2) is 18.1 Å². The summed E-state index contributed by atoms with van der Waals surface area (Å²) in [4.78, 5) is 14.6.